The van der Waals surface area contributed by atoms with E-state index in [4.69, 9.17) is 5.11 Å². The van der Waals surface area contributed by atoms with Gasteiger partial charge in [0.2, 0.25) is 0 Å². The van der Waals surface area contributed by atoms with Gasteiger partial charge in [0.05, 0.1) is 35.8 Å². The first-order valence-corrected chi connectivity index (χ1v) is 15.1. The minimum Gasteiger partial charge on any atom is -0.507 e. The zero-order valence-electron chi connectivity index (χ0n) is 26.8. The van der Waals surface area contributed by atoms with Gasteiger partial charge in [-0.2, -0.15) is 0 Å². The average Bonchev–Trinajstić information content (AvgIpc) is 3.03. The van der Waals surface area contributed by atoms with Crippen LogP contribution in [0.3, 0.4) is 0 Å². The molecule has 1 unspecified atom stereocenters. The molecule has 4 aromatic carbocycles. The van der Waals surface area contributed by atoms with Crippen LogP contribution in [0, 0.1) is 20.8 Å². The van der Waals surface area contributed by atoms with Crippen LogP contribution in [-0.2, 0) is 26.1 Å². The summed E-state index contributed by atoms with van der Waals surface area (Å²) in [5.74, 6) is -0.650. The monoisotopic (exact) mass is 668 g/mol. The Morgan fingerprint density at radius 3 is 1.85 bits per heavy atom. The maximum atomic E-state index is 12.2. The molecule has 11 heteroatoms. The molecule has 0 fully saturated rings. The maximum Gasteiger partial charge on any atom is 0.166 e. The molecular formula is C36H41ClO10. The number of aldehydes is 2. The van der Waals surface area contributed by atoms with E-state index in [1.165, 1.54) is 0 Å². The summed E-state index contributed by atoms with van der Waals surface area (Å²) in [6, 6.07) is 3.50. The van der Waals surface area contributed by atoms with Crippen LogP contribution in [0.4, 0.5) is 0 Å². The number of phenols is 3. The van der Waals surface area contributed by atoms with E-state index in [1.807, 2.05) is 13.0 Å². The smallest absolute Gasteiger partial charge is 0.166 e. The van der Waals surface area contributed by atoms with Crippen molar-refractivity contribution in [2.45, 2.75) is 78.6 Å². The zero-order chi connectivity index (χ0) is 34.0. The number of carbonyl (C=O) groups is 3. The van der Waals surface area contributed by atoms with Crippen molar-refractivity contribution in [3.05, 3.63) is 73.3 Å². The highest BCUT2D eigenvalue weighted by Crippen LogP contribution is 2.48. The van der Waals surface area contributed by atoms with E-state index >= 15 is 0 Å². The van der Waals surface area contributed by atoms with Crippen LogP contribution in [0.15, 0.2) is 12.1 Å². The summed E-state index contributed by atoms with van der Waals surface area (Å²) in [4.78, 5) is 34.7. The standard InChI is InChI=1S/C18H18O4.C17H18O5.CH4O.ClH/c1-9-6-12-14(8-20)11-4-3-5-15(21)17(11)18(22)16(12)10(2)13(9)7-19;1-8-5-10-12(7-19)9-3-2-4-13(20)14(9)17(22)15(10)16(21)11(8)6-18;1-2;/h6-7,20,22H,3-5,8H2,1-2H3;5-6,13,19-22H,2-4,7H2,1H3;2H,1H3;1H. The number of Topliss-reactive ketones (excluding diaryl/α,β-unsaturated/α-hetero) is 1. The van der Waals surface area contributed by atoms with Gasteiger partial charge in [0.15, 0.2) is 18.4 Å². The lowest BCUT2D eigenvalue weighted by Gasteiger charge is -2.27. The normalized spacial score (nSPS) is 15.0. The van der Waals surface area contributed by atoms with Crippen molar-refractivity contribution in [3.63, 3.8) is 0 Å². The third-order valence-corrected chi connectivity index (χ3v) is 9.25. The van der Waals surface area contributed by atoms with Gasteiger partial charge >= 0.3 is 0 Å². The van der Waals surface area contributed by atoms with Crippen molar-refractivity contribution in [3.8, 4) is 17.2 Å². The molecule has 47 heavy (non-hydrogen) atoms. The second-order valence-electron chi connectivity index (χ2n) is 11.7. The van der Waals surface area contributed by atoms with E-state index < -0.39 is 6.10 Å². The van der Waals surface area contributed by atoms with Crippen LogP contribution in [0.1, 0.15) is 107 Å². The van der Waals surface area contributed by atoms with Crippen LogP contribution in [0.25, 0.3) is 21.5 Å². The van der Waals surface area contributed by atoms with Gasteiger partial charge in [-0.1, -0.05) is 6.07 Å². The van der Waals surface area contributed by atoms with Gasteiger partial charge in [0, 0.05) is 30.0 Å². The summed E-state index contributed by atoms with van der Waals surface area (Å²) in [6.07, 6.45) is 4.22. The van der Waals surface area contributed by atoms with E-state index in [2.05, 4.69) is 0 Å². The Kier molecular flexibility index (Phi) is 12.1. The number of aliphatic hydroxyl groups excluding tert-OH is 4. The van der Waals surface area contributed by atoms with Crippen molar-refractivity contribution in [1.29, 1.82) is 0 Å². The van der Waals surface area contributed by atoms with E-state index in [-0.39, 0.29) is 59.6 Å². The second-order valence-corrected chi connectivity index (χ2v) is 11.7. The lowest BCUT2D eigenvalue weighted by molar-refractivity contribution is 0.0968. The minimum atomic E-state index is -0.834. The van der Waals surface area contributed by atoms with Crippen molar-refractivity contribution in [2.24, 2.45) is 0 Å². The van der Waals surface area contributed by atoms with Crippen molar-refractivity contribution in [2.75, 3.05) is 7.11 Å². The molecule has 0 aliphatic heterocycles. The molecule has 0 aromatic heterocycles. The molecule has 1 atom stereocenters. The van der Waals surface area contributed by atoms with Crippen molar-refractivity contribution >= 4 is 52.3 Å². The lowest BCUT2D eigenvalue weighted by atomic mass is 9.81. The number of halogens is 1. The summed E-state index contributed by atoms with van der Waals surface area (Å²) in [6.45, 7) is 4.84. The number of benzene rings is 4. The number of aliphatic hydroxyl groups is 4. The number of rotatable bonds is 4. The van der Waals surface area contributed by atoms with Gasteiger partial charge in [-0.15, -0.1) is 12.4 Å². The molecule has 0 radical (unpaired) electrons. The SMILES string of the molecule is CO.Cc1cc2c(CO)c3c(c(O)c2c(C)c1C=O)C(=O)CCC3.Cc1cc2c(CO)c3c(c(O)c2c(O)c1C=O)C(O)CCC3.Cl. The van der Waals surface area contributed by atoms with Gasteiger partial charge in [-0.05, 0) is 109 Å². The third-order valence-electron chi connectivity index (χ3n) is 9.25. The molecule has 2 aliphatic rings. The molecule has 0 heterocycles. The van der Waals surface area contributed by atoms with Gasteiger partial charge in [0.25, 0.3) is 0 Å². The Morgan fingerprint density at radius 2 is 1.28 bits per heavy atom. The number of phenolic OH excluding ortho intramolecular Hbond substituents is 3. The molecule has 0 spiro atoms. The van der Waals surface area contributed by atoms with Crippen LogP contribution in [0.5, 0.6) is 17.2 Å². The molecule has 0 bridgehead atoms. The maximum absolute atomic E-state index is 12.2. The molecular weight excluding hydrogens is 628 g/mol. The first-order valence-electron chi connectivity index (χ1n) is 15.1. The second kappa shape index (κ2) is 15.2. The van der Waals surface area contributed by atoms with Crippen molar-refractivity contribution in [1.82, 2.24) is 0 Å². The molecule has 4 aromatic rings. The van der Waals surface area contributed by atoms with Crippen LogP contribution < -0.4 is 0 Å². The Morgan fingerprint density at radius 1 is 0.745 bits per heavy atom. The molecule has 252 valence electrons. The first kappa shape index (κ1) is 37.4. The van der Waals surface area contributed by atoms with Crippen LogP contribution >= 0.6 is 12.4 Å². The average molecular weight is 669 g/mol. The summed E-state index contributed by atoms with van der Waals surface area (Å²) in [5.41, 5.74) is 6.12. The number of aromatic hydroxyl groups is 3. The quantitative estimate of drug-likeness (QED) is 0.141. The Hall–Kier alpha value is -4.06. The van der Waals surface area contributed by atoms with Crippen molar-refractivity contribution < 1.29 is 50.1 Å². The highest BCUT2D eigenvalue weighted by molar-refractivity contribution is 6.10. The van der Waals surface area contributed by atoms with E-state index in [9.17, 15) is 45.0 Å². The predicted molar refractivity (Wildman–Crippen MR) is 180 cm³/mol. The predicted octanol–water partition coefficient (Wildman–Crippen LogP) is 5.25. The minimum absolute atomic E-state index is 0. The molecule has 2 aliphatic carbocycles. The Balaban J connectivity index is 0.000000238. The van der Waals surface area contributed by atoms with Gasteiger partial charge < -0.3 is 35.7 Å². The Bertz CT molecular complexity index is 1880. The summed E-state index contributed by atoms with van der Waals surface area (Å²) in [5, 5.41) is 70.2. The number of hydrogen-bond donors (Lipinski definition) is 7. The topological polar surface area (TPSA) is 193 Å². The number of hydrogen-bond acceptors (Lipinski definition) is 10. The number of ketones is 1. The fraction of sp³-hybridized carbons (Fsp3) is 0.361. The summed E-state index contributed by atoms with van der Waals surface area (Å²) < 4.78 is 0. The number of fused-ring (bicyclic) bond motifs is 4. The van der Waals surface area contributed by atoms with Crippen LogP contribution in [-0.4, -0.2) is 61.2 Å². The van der Waals surface area contributed by atoms with Gasteiger partial charge in [-0.3, -0.25) is 14.4 Å². The number of aryl methyl sites for hydroxylation is 3. The van der Waals surface area contributed by atoms with E-state index in [0.29, 0.717) is 81.7 Å². The van der Waals surface area contributed by atoms with Gasteiger partial charge in [0.1, 0.15) is 17.2 Å². The largest absolute Gasteiger partial charge is 0.507 e. The van der Waals surface area contributed by atoms with Gasteiger partial charge in [-0.25, -0.2) is 0 Å². The molecule has 0 saturated carbocycles. The lowest BCUT2D eigenvalue weighted by Crippen LogP contribution is -2.15. The molecule has 0 amide bonds. The van der Waals surface area contributed by atoms with E-state index in [0.717, 1.165) is 48.3 Å². The zero-order valence-corrected chi connectivity index (χ0v) is 27.6. The highest BCUT2D eigenvalue weighted by atomic mass is 35.5. The highest BCUT2D eigenvalue weighted by Gasteiger charge is 2.30. The molecule has 6 rings (SSSR count). The van der Waals surface area contributed by atoms with Crippen LogP contribution in [0.2, 0.25) is 0 Å². The third kappa shape index (κ3) is 6.19. The fourth-order valence-corrected chi connectivity index (χ4v) is 7.10. The summed E-state index contributed by atoms with van der Waals surface area (Å²) in [7, 11) is 1.00. The fourth-order valence-electron chi connectivity index (χ4n) is 7.10. The molecule has 0 saturated heterocycles. The summed E-state index contributed by atoms with van der Waals surface area (Å²) >= 11 is 0. The van der Waals surface area contributed by atoms with E-state index in [1.54, 1.807) is 19.9 Å². The molecule has 10 nitrogen and oxygen atoms in total. The molecule has 7 N–H and O–H groups in total. The number of carbonyl (C=O) groups excluding carboxylic acids is 3. The Labute approximate surface area is 278 Å². The first-order chi connectivity index (χ1) is 22.0.